The number of benzene rings is 1. The summed E-state index contributed by atoms with van der Waals surface area (Å²) in [6.07, 6.45) is 4.22. The van der Waals surface area contributed by atoms with Gasteiger partial charge in [-0.15, -0.1) is 0 Å². The third-order valence-electron chi connectivity index (χ3n) is 4.63. The van der Waals surface area contributed by atoms with Crippen LogP contribution in [-0.4, -0.2) is 16.8 Å². The van der Waals surface area contributed by atoms with Crippen molar-refractivity contribution in [1.29, 1.82) is 0 Å². The van der Waals surface area contributed by atoms with Crippen LogP contribution >= 0.6 is 0 Å². The Kier molecular flexibility index (Phi) is 2.96. The second kappa shape index (κ2) is 4.44. The summed E-state index contributed by atoms with van der Waals surface area (Å²) in [5, 5.41) is 0. The molecule has 2 nitrogen and oxygen atoms in total. The highest BCUT2D eigenvalue weighted by Gasteiger charge is 2.44. The van der Waals surface area contributed by atoms with Gasteiger partial charge in [0.25, 0.3) is 0 Å². The highest BCUT2D eigenvalue weighted by Crippen LogP contribution is 2.47. The van der Waals surface area contributed by atoms with Crippen LogP contribution in [0.1, 0.15) is 44.7 Å². The van der Waals surface area contributed by atoms with Crippen molar-refractivity contribution in [2.24, 2.45) is 0 Å². The molecule has 1 aliphatic heterocycles. The number of amides is 1. The Morgan fingerprint density at radius 3 is 2.80 bits per heavy atom. The van der Waals surface area contributed by atoms with Crippen molar-refractivity contribution in [2.45, 2.75) is 51.5 Å². The number of likely N-dealkylation sites (tertiary alicyclic amines) is 1. The molecule has 0 bridgehead atoms. The normalized spacial score (nSPS) is 25.4. The minimum Gasteiger partial charge on any atom is -0.313 e. The van der Waals surface area contributed by atoms with Crippen LogP contribution < -0.4 is 0 Å². The van der Waals surface area contributed by atoms with Gasteiger partial charge in [0.2, 0.25) is 5.91 Å². The van der Waals surface area contributed by atoms with Gasteiger partial charge in [-0.3, -0.25) is 4.79 Å². The molecule has 0 spiro atoms. The Bertz CT molecular complexity index is 605. The van der Waals surface area contributed by atoms with E-state index in [9.17, 15) is 9.18 Å². The van der Waals surface area contributed by atoms with E-state index in [-0.39, 0.29) is 23.2 Å². The third kappa shape index (κ3) is 1.80. The number of allylic oxidation sites excluding steroid dienone is 2. The summed E-state index contributed by atoms with van der Waals surface area (Å²) in [4.78, 5) is 14.1. The maximum absolute atomic E-state index is 13.7. The first-order valence-electron chi connectivity index (χ1n) is 7.25. The minimum atomic E-state index is -0.242. The Balaban J connectivity index is 2.14. The fourth-order valence-electron chi connectivity index (χ4n) is 3.62. The maximum atomic E-state index is 13.7. The second-order valence-electron chi connectivity index (χ2n) is 6.28. The van der Waals surface area contributed by atoms with Gasteiger partial charge in [-0.2, -0.15) is 0 Å². The smallest absolute Gasteiger partial charge is 0.227 e. The van der Waals surface area contributed by atoms with Crippen molar-refractivity contribution in [3.05, 3.63) is 46.9 Å². The molecule has 3 rings (SSSR count). The summed E-state index contributed by atoms with van der Waals surface area (Å²) in [6.45, 7) is 6.20. The lowest BCUT2D eigenvalue weighted by molar-refractivity contribution is -0.133. The van der Waals surface area contributed by atoms with Gasteiger partial charge in [-0.25, -0.2) is 4.39 Å². The fourth-order valence-corrected chi connectivity index (χ4v) is 3.62. The first-order chi connectivity index (χ1) is 9.43. The molecule has 1 fully saturated rings. The number of rotatable bonds is 1. The van der Waals surface area contributed by atoms with Gasteiger partial charge in [0.05, 0.1) is 0 Å². The molecule has 1 unspecified atom stereocenters. The van der Waals surface area contributed by atoms with Gasteiger partial charge in [-0.1, -0.05) is 12.1 Å². The highest BCUT2D eigenvalue weighted by molar-refractivity contribution is 5.81. The average Bonchev–Trinajstić information content (AvgIpc) is 2.39. The monoisotopic (exact) mass is 273 g/mol. The van der Waals surface area contributed by atoms with E-state index in [1.54, 1.807) is 6.07 Å². The van der Waals surface area contributed by atoms with Gasteiger partial charge >= 0.3 is 0 Å². The SMILES string of the molecule is CC(C)N1C(=O)CCC2(C)C1=CCc1ccc(F)cc12. The first kappa shape index (κ1) is 13.3. The summed E-state index contributed by atoms with van der Waals surface area (Å²) in [5.41, 5.74) is 3.04. The van der Waals surface area contributed by atoms with Crippen molar-refractivity contribution < 1.29 is 9.18 Å². The van der Waals surface area contributed by atoms with E-state index in [4.69, 9.17) is 0 Å². The molecular formula is C17H20FNO. The lowest BCUT2D eigenvalue weighted by Crippen LogP contribution is -2.49. The number of nitrogens with zero attached hydrogens (tertiary/aromatic N) is 1. The molecule has 0 aromatic heterocycles. The number of fused-ring (bicyclic) bond motifs is 3. The molecular weight excluding hydrogens is 253 g/mol. The lowest BCUT2D eigenvalue weighted by atomic mass is 9.67. The zero-order valence-electron chi connectivity index (χ0n) is 12.2. The number of carbonyl (C=O) groups excluding carboxylic acids is 1. The molecule has 1 aliphatic carbocycles. The average molecular weight is 273 g/mol. The second-order valence-corrected chi connectivity index (χ2v) is 6.28. The summed E-state index contributed by atoms with van der Waals surface area (Å²) in [6, 6.07) is 5.19. The van der Waals surface area contributed by atoms with Crippen LogP contribution in [-0.2, 0) is 16.6 Å². The molecule has 1 heterocycles. The number of hydrogen-bond acceptors (Lipinski definition) is 1. The van der Waals surface area contributed by atoms with Gasteiger partial charge in [-0.05, 0) is 56.9 Å². The van der Waals surface area contributed by atoms with Crippen molar-refractivity contribution in [3.63, 3.8) is 0 Å². The van der Waals surface area contributed by atoms with Crippen LogP contribution in [0, 0.1) is 5.82 Å². The Labute approximate surface area is 119 Å². The first-order valence-corrected chi connectivity index (χ1v) is 7.25. The van der Waals surface area contributed by atoms with E-state index in [0.717, 1.165) is 24.1 Å². The summed E-state index contributed by atoms with van der Waals surface area (Å²) >= 11 is 0. The Hall–Kier alpha value is -1.64. The van der Waals surface area contributed by atoms with Gasteiger partial charge < -0.3 is 4.90 Å². The van der Waals surface area contributed by atoms with E-state index in [0.29, 0.717) is 6.42 Å². The van der Waals surface area contributed by atoms with Crippen LogP contribution in [0.2, 0.25) is 0 Å². The molecule has 1 aromatic carbocycles. The van der Waals surface area contributed by atoms with Crippen LogP contribution in [0.25, 0.3) is 0 Å². The minimum absolute atomic E-state index is 0.142. The molecule has 1 aromatic rings. The highest BCUT2D eigenvalue weighted by atomic mass is 19.1. The van der Waals surface area contributed by atoms with E-state index < -0.39 is 0 Å². The molecule has 1 saturated heterocycles. The molecule has 0 saturated carbocycles. The predicted octanol–water partition coefficient (Wildman–Crippen LogP) is 3.55. The van der Waals surface area contributed by atoms with Crippen molar-refractivity contribution in [1.82, 2.24) is 4.90 Å². The topological polar surface area (TPSA) is 20.3 Å². The van der Waals surface area contributed by atoms with E-state index >= 15 is 0 Å². The number of carbonyl (C=O) groups is 1. The van der Waals surface area contributed by atoms with Crippen molar-refractivity contribution in [2.75, 3.05) is 0 Å². The molecule has 0 N–H and O–H groups in total. The molecule has 20 heavy (non-hydrogen) atoms. The third-order valence-corrected chi connectivity index (χ3v) is 4.63. The van der Waals surface area contributed by atoms with Crippen LogP contribution in [0.5, 0.6) is 0 Å². The fraction of sp³-hybridized carbons (Fsp3) is 0.471. The Morgan fingerprint density at radius 1 is 1.35 bits per heavy atom. The zero-order valence-corrected chi connectivity index (χ0v) is 12.2. The number of piperidine rings is 1. The maximum Gasteiger partial charge on any atom is 0.227 e. The molecule has 1 atom stereocenters. The largest absolute Gasteiger partial charge is 0.313 e. The zero-order chi connectivity index (χ0) is 14.5. The van der Waals surface area contributed by atoms with E-state index in [1.165, 1.54) is 11.6 Å². The summed E-state index contributed by atoms with van der Waals surface area (Å²) in [7, 11) is 0. The van der Waals surface area contributed by atoms with E-state index in [1.807, 2.05) is 24.8 Å². The molecule has 2 aliphatic rings. The lowest BCUT2D eigenvalue weighted by Gasteiger charge is -2.47. The van der Waals surface area contributed by atoms with Crippen LogP contribution in [0.3, 0.4) is 0 Å². The summed E-state index contributed by atoms with van der Waals surface area (Å²) in [5.74, 6) is -0.0113. The number of halogens is 1. The predicted molar refractivity (Wildman–Crippen MR) is 76.8 cm³/mol. The van der Waals surface area contributed by atoms with Gasteiger partial charge in [0, 0.05) is 23.6 Å². The number of hydrogen-bond donors (Lipinski definition) is 0. The van der Waals surface area contributed by atoms with Gasteiger partial charge in [0.15, 0.2) is 0 Å². The molecule has 106 valence electrons. The van der Waals surface area contributed by atoms with Crippen molar-refractivity contribution >= 4 is 5.91 Å². The standard InChI is InChI=1S/C17H20FNO/c1-11(2)19-15-7-5-12-4-6-13(18)10-14(12)17(15,3)9-8-16(19)20/h4,6-7,10-11H,5,8-9H2,1-3H3. The summed E-state index contributed by atoms with van der Waals surface area (Å²) < 4.78 is 13.7. The van der Waals surface area contributed by atoms with Crippen molar-refractivity contribution in [3.8, 4) is 0 Å². The molecule has 3 heteroatoms. The molecule has 1 amide bonds. The van der Waals surface area contributed by atoms with Gasteiger partial charge in [0.1, 0.15) is 5.82 Å². The van der Waals surface area contributed by atoms with E-state index in [2.05, 4.69) is 13.0 Å². The van der Waals surface area contributed by atoms with Crippen LogP contribution in [0.15, 0.2) is 30.0 Å². The molecule has 0 radical (unpaired) electrons. The Morgan fingerprint density at radius 2 is 2.10 bits per heavy atom. The van der Waals surface area contributed by atoms with Crippen LogP contribution in [0.4, 0.5) is 4.39 Å². The quantitative estimate of drug-likeness (QED) is 0.766.